The molecule has 0 aromatic carbocycles. The summed E-state index contributed by atoms with van der Waals surface area (Å²) in [6.07, 6.45) is 2.14. The second-order valence-electron chi connectivity index (χ2n) is 6.20. The Labute approximate surface area is 138 Å². The maximum atomic E-state index is 12.5. The largest absolute Gasteiger partial charge is 0.388 e. The van der Waals surface area contributed by atoms with Gasteiger partial charge in [0.25, 0.3) is 0 Å². The monoisotopic (exact) mass is 336 g/mol. The first kappa shape index (κ1) is 15.6. The maximum absolute atomic E-state index is 12.5. The van der Waals surface area contributed by atoms with E-state index in [0.717, 1.165) is 35.0 Å². The third kappa shape index (κ3) is 3.24. The summed E-state index contributed by atoms with van der Waals surface area (Å²) in [6, 6.07) is 3.96. The van der Waals surface area contributed by atoms with E-state index >= 15 is 0 Å². The minimum absolute atomic E-state index is 0.0626. The number of nitrogens with zero attached hydrogens (tertiary/aromatic N) is 2. The maximum Gasteiger partial charge on any atom is 0.228 e. The number of amides is 1. The van der Waals surface area contributed by atoms with Gasteiger partial charge in [-0.3, -0.25) is 4.79 Å². The first-order valence-corrected chi connectivity index (χ1v) is 9.21. The predicted molar refractivity (Wildman–Crippen MR) is 90.2 cm³/mol. The molecule has 4 nitrogen and oxygen atoms in total. The zero-order chi connectivity index (χ0) is 15.7. The Hall–Kier alpha value is -1.24. The molecule has 1 unspecified atom stereocenters. The molecule has 2 aromatic rings. The van der Waals surface area contributed by atoms with Gasteiger partial charge in [0, 0.05) is 11.9 Å². The van der Waals surface area contributed by atoms with Crippen LogP contribution in [0.25, 0.3) is 9.88 Å². The Kier molecular flexibility index (Phi) is 4.34. The van der Waals surface area contributed by atoms with E-state index in [1.54, 1.807) is 36.5 Å². The minimum atomic E-state index is -0.851. The minimum Gasteiger partial charge on any atom is -0.388 e. The summed E-state index contributed by atoms with van der Waals surface area (Å²) in [7, 11) is 0. The lowest BCUT2D eigenvalue weighted by atomic mass is 9.96. The molecule has 1 saturated heterocycles. The first-order valence-electron chi connectivity index (χ1n) is 7.45. The number of rotatable bonds is 4. The molecule has 6 heteroatoms. The quantitative estimate of drug-likeness (QED) is 0.933. The van der Waals surface area contributed by atoms with Crippen molar-refractivity contribution in [1.29, 1.82) is 0 Å². The summed E-state index contributed by atoms with van der Waals surface area (Å²) < 4.78 is 0. The summed E-state index contributed by atoms with van der Waals surface area (Å²) in [6.45, 7) is 4.29. The van der Waals surface area contributed by atoms with Crippen molar-refractivity contribution in [3.05, 3.63) is 28.6 Å². The lowest BCUT2D eigenvalue weighted by Crippen LogP contribution is -2.48. The van der Waals surface area contributed by atoms with E-state index < -0.39 is 5.60 Å². The van der Waals surface area contributed by atoms with Crippen LogP contribution in [0.5, 0.6) is 0 Å². The molecule has 1 N–H and O–H groups in total. The van der Waals surface area contributed by atoms with Gasteiger partial charge in [0.15, 0.2) is 0 Å². The highest BCUT2D eigenvalue weighted by Gasteiger charge is 2.38. The number of thiazole rings is 1. The van der Waals surface area contributed by atoms with E-state index in [1.165, 1.54) is 0 Å². The van der Waals surface area contributed by atoms with Crippen LogP contribution in [0.3, 0.4) is 0 Å². The Bertz CT molecular complexity index is 643. The van der Waals surface area contributed by atoms with Crippen molar-refractivity contribution in [1.82, 2.24) is 9.88 Å². The van der Waals surface area contributed by atoms with Gasteiger partial charge in [0.1, 0.15) is 5.01 Å². The molecule has 0 bridgehead atoms. The lowest BCUT2D eigenvalue weighted by molar-refractivity contribution is -0.135. The van der Waals surface area contributed by atoms with Crippen molar-refractivity contribution < 1.29 is 9.90 Å². The molecule has 1 fully saturated rings. The van der Waals surface area contributed by atoms with Crippen molar-refractivity contribution >= 4 is 28.6 Å². The van der Waals surface area contributed by atoms with Crippen molar-refractivity contribution in [2.75, 3.05) is 6.54 Å². The normalized spacial score (nSPS) is 18.9. The summed E-state index contributed by atoms with van der Waals surface area (Å²) in [4.78, 5) is 20.1. The standard InChI is InChI=1S/C16H20N2O2S2/c1-16(2,20)13-6-3-7-18(13)14(19)9-11-10-22-15(17-11)12-5-4-8-21-12/h4-5,8,10,13,20H,3,6-7,9H2,1-2H3. The Morgan fingerprint density at radius 2 is 2.32 bits per heavy atom. The molecule has 0 spiro atoms. The van der Waals surface area contributed by atoms with Crippen LogP contribution in [0.2, 0.25) is 0 Å². The number of thiophene rings is 1. The Morgan fingerprint density at radius 1 is 1.50 bits per heavy atom. The fourth-order valence-corrected chi connectivity index (χ4v) is 4.59. The highest BCUT2D eigenvalue weighted by molar-refractivity contribution is 7.20. The summed E-state index contributed by atoms with van der Waals surface area (Å²) >= 11 is 3.23. The topological polar surface area (TPSA) is 53.4 Å². The SMILES string of the molecule is CC(C)(O)C1CCCN1C(=O)Cc1csc(-c2cccs2)n1. The van der Waals surface area contributed by atoms with Crippen LogP contribution < -0.4 is 0 Å². The fraction of sp³-hybridized carbons (Fsp3) is 0.500. The van der Waals surface area contributed by atoms with Crippen molar-refractivity contribution in [3.63, 3.8) is 0 Å². The molecular formula is C16H20N2O2S2. The van der Waals surface area contributed by atoms with E-state index in [9.17, 15) is 9.90 Å². The molecule has 2 aromatic heterocycles. The van der Waals surface area contributed by atoms with E-state index in [0.29, 0.717) is 6.42 Å². The van der Waals surface area contributed by atoms with Gasteiger partial charge in [-0.05, 0) is 38.1 Å². The van der Waals surface area contributed by atoms with Gasteiger partial charge >= 0.3 is 0 Å². The molecule has 0 radical (unpaired) electrons. The van der Waals surface area contributed by atoms with E-state index in [-0.39, 0.29) is 11.9 Å². The number of hydrogen-bond acceptors (Lipinski definition) is 5. The summed E-state index contributed by atoms with van der Waals surface area (Å²) in [5.74, 6) is 0.0626. The number of aliphatic hydroxyl groups is 1. The van der Waals surface area contributed by atoms with Crippen molar-refractivity contribution in [2.24, 2.45) is 0 Å². The van der Waals surface area contributed by atoms with Crippen LogP contribution in [0, 0.1) is 0 Å². The summed E-state index contributed by atoms with van der Waals surface area (Å²) in [5, 5.41) is 15.2. The smallest absolute Gasteiger partial charge is 0.228 e. The van der Waals surface area contributed by atoms with E-state index in [4.69, 9.17) is 0 Å². The van der Waals surface area contributed by atoms with Gasteiger partial charge in [-0.2, -0.15) is 0 Å². The van der Waals surface area contributed by atoms with Gasteiger partial charge < -0.3 is 10.0 Å². The van der Waals surface area contributed by atoms with Gasteiger partial charge in [0.2, 0.25) is 5.91 Å². The average Bonchev–Trinajstić information content (AvgIpc) is 3.19. The van der Waals surface area contributed by atoms with Crippen LogP contribution in [0.4, 0.5) is 0 Å². The second-order valence-corrected chi connectivity index (χ2v) is 8.00. The Morgan fingerprint density at radius 3 is 3.00 bits per heavy atom. The lowest BCUT2D eigenvalue weighted by Gasteiger charge is -2.33. The average molecular weight is 336 g/mol. The van der Waals surface area contributed by atoms with Gasteiger partial charge in [-0.25, -0.2) is 4.98 Å². The highest BCUT2D eigenvalue weighted by atomic mass is 32.1. The van der Waals surface area contributed by atoms with E-state index in [1.807, 2.05) is 27.8 Å². The molecule has 1 amide bonds. The number of carbonyl (C=O) groups is 1. The fourth-order valence-electron chi connectivity index (χ4n) is 2.96. The molecule has 22 heavy (non-hydrogen) atoms. The molecular weight excluding hydrogens is 316 g/mol. The van der Waals surface area contributed by atoms with E-state index in [2.05, 4.69) is 4.98 Å². The first-order chi connectivity index (χ1) is 10.4. The summed E-state index contributed by atoms with van der Waals surface area (Å²) in [5.41, 5.74) is -0.0316. The molecule has 1 aliphatic heterocycles. The second kappa shape index (κ2) is 6.10. The molecule has 1 aliphatic rings. The zero-order valence-electron chi connectivity index (χ0n) is 12.8. The van der Waals surface area contributed by atoms with Crippen LogP contribution in [0.1, 0.15) is 32.4 Å². The van der Waals surface area contributed by atoms with Gasteiger partial charge in [-0.1, -0.05) is 6.07 Å². The molecule has 118 valence electrons. The van der Waals surface area contributed by atoms with Crippen LogP contribution >= 0.6 is 22.7 Å². The number of aromatic nitrogens is 1. The van der Waals surface area contributed by atoms with Crippen LogP contribution in [-0.2, 0) is 11.2 Å². The van der Waals surface area contributed by atoms with Gasteiger partial charge in [-0.15, -0.1) is 22.7 Å². The predicted octanol–water partition coefficient (Wildman–Crippen LogP) is 3.18. The van der Waals surface area contributed by atoms with Crippen LogP contribution in [0.15, 0.2) is 22.9 Å². The number of hydrogen-bond donors (Lipinski definition) is 1. The molecule has 3 rings (SSSR count). The third-order valence-electron chi connectivity index (χ3n) is 4.00. The van der Waals surface area contributed by atoms with Crippen molar-refractivity contribution in [3.8, 4) is 9.88 Å². The molecule has 3 heterocycles. The number of carbonyl (C=O) groups excluding carboxylic acids is 1. The highest BCUT2D eigenvalue weighted by Crippen LogP contribution is 2.30. The van der Waals surface area contributed by atoms with Crippen LogP contribution in [-0.4, -0.2) is 39.1 Å². The Balaban J connectivity index is 1.69. The molecule has 0 aliphatic carbocycles. The zero-order valence-corrected chi connectivity index (χ0v) is 14.4. The number of likely N-dealkylation sites (tertiary alicyclic amines) is 1. The molecule has 1 atom stereocenters. The van der Waals surface area contributed by atoms with Crippen molar-refractivity contribution in [2.45, 2.75) is 44.8 Å². The van der Waals surface area contributed by atoms with Gasteiger partial charge in [0.05, 0.1) is 28.6 Å². The third-order valence-corrected chi connectivity index (χ3v) is 5.93. The molecule has 0 saturated carbocycles.